The Hall–Kier alpha value is -3.05. The van der Waals surface area contributed by atoms with E-state index in [0.717, 1.165) is 32.8 Å². The highest BCUT2D eigenvalue weighted by Gasteiger charge is 2.14. The summed E-state index contributed by atoms with van der Waals surface area (Å²) in [5.41, 5.74) is 5.08. The van der Waals surface area contributed by atoms with Crippen molar-refractivity contribution < 1.29 is 4.79 Å². The van der Waals surface area contributed by atoms with Crippen LogP contribution in [0.3, 0.4) is 0 Å². The van der Waals surface area contributed by atoms with Gasteiger partial charge < -0.3 is 5.32 Å². The standard InChI is InChI=1S/C23H21N3OS/c1-14(2)16-7-9-17(10-8-16)20-12-28-23-21(20)22(24-13-25-23)26-19-6-4-5-18(11-19)15(3)27/h4-14H,1-3H3,(H,24,25,26). The van der Waals surface area contributed by atoms with Crippen LogP contribution in [0.4, 0.5) is 11.5 Å². The third-order valence-corrected chi connectivity index (χ3v) is 5.68. The smallest absolute Gasteiger partial charge is 0.159 e. The molecule has 140 valence electrons. The first-order valence-electron chi connectivity index (χ1n) is 9.23. The van der Waals surface area contributed by atoms with E-state index in [9.17, 15) is 4.79 Å². The molecule has 1 N–H and O–H groups in total. The minimum Gasteiger partial charge on any atom is -0.340 e. The highest BCUT2D eigenvalue weighted by Crippen LogP contribution is 2.37. The molecule has 0 atom stereocenters. The van der Waals surface area contributed by atoms with Crippen molar-refractivity contribution in [2.75, 3.05) is 5.32 Å². The molecule has 0 spiro atoms. The van der Waals surface area contributed by atoms with E-state index in [1.165, 1.54) is 5.56 Å². The molecule has 0 fully saturated rings. The van der Waals surface area contributed by atoms with Crippen molar-refractivity contribution in [3.63, 3.8) is 0 Å². The van der Waals surface area contributed by atoms with E-state index in [1.54, 1.807) is 24.6 Å². The Morgan fingerprint density at radius 1 is 1.07 bits per heavy atom. The average molecular weight is 388 g/mol. The summed E-state index contributed by atoms with van der Waals surface area (Å²) in [5.74, 6) is 1.29. The number of hydrogen-bond acceptors (Lipinski definition) is 5. The van der Waals surface area contributed by atoms with Crippen LogP contribution in [0, 0.1) is 0 Å². The van der Waals surface area contributed by atoms with E-state index in [4.69, 9.17) is 0 Å². The molecule has 2 aromatic heterocycles. The topological polar surface area (TPSA) is 54.9 Å². The van der Waals surface area contributed by atoms with E-state index in [1.807, 2.05) is 24.3 Å². The number of benzene rings is 2. The van der Waals surface area contributed by atoms with Gasteiger partial charge in [0, 0.05) is 22.2 Å². The predicted molar refractivity (Wildman–Crippen MR) is 117 cm³/mol. The molecular formula is C23H21N3OS. The van der Waals surface area contributed by atoms with Crippen LogP contribution in [0.1, 0.15) is 42.6 Å². The summed E-state index contributed by atoms with van der Waals surface area (Å²) in [7, 11) is 0. The lowest BCUT2D eigenvalue weighted by Crippen LogP contribution is -1.98. The molecule has 4 rings (SSSR count). The molecule has 0 aliphatic heterocycles. The monoisotopic (exact) mass is 387 g/mol. The van der Waals surface area contributed by atoms with Gasteiger partial charge in [-0.25, -0.2) is 9.97 Å². The maximum atomic E-state index is 11.7. The van der Waals surface area contributed by atoms with Gasteiger partial charge >= 0.3 is 0 Å². The van der Waals surface area contributed by atoms with Gasteiger partial charge in [0.05, 0.1) is 5.39 Å². The van der Waals surface area contributed by atoms with Gasteiger partial charge in [-0.1, -0.05) is 50.2 Å². The normalized spacial score (nSPS) is 11.1. The first kappa shape index (κ1) is 18.3. The number of Topliss-reactive ketones (excluding diaryl/α,β-unsaturated/α-hetero) is 1. The molecule has 2 aromatic carbocycles. The van der Waals surface area contributed by atoms with Crippen LogP contribution in [-0.2, 0) is 0 Å². The number of hydrogen-bond donors (Lipinski definition) is 1. The van der Waals surface area contributed by atoms with Crippen molar-refractivity contribution in [3.8, 4) is 11.1 Å². The molecule has 0 saturated carbocycles. The molecule has 0 amide bonds. The lowest BCUT2D eigenvalue weighted by molar-refractivity contribution is 0.101. The number of fused-ring (bicyclic) bond motifs is 1. The summed E-state index contributed by atoms with van der Waals surface area (Å²) in [4.78, 5) is 21.5. The minimum atomic E-state index is 0.0398. The first-order valence-corrected chi connectivity index (χ1v) is 10.1. The Bertz CT molecular complexity index is 1150. The first-order chi connectivity index (χ1) is 13.5. The molecule has 4 nitrogen and oxygen atoms in total. The molecule has 0 aliphatic carbocycles. The maximum absolute atomic E-state index is 11.7. The van der Waals surface area contributed by atoms with Crippen LogP contribution in [0.15, 0.2) is 60.2 Å². The van der Waals surface area contributed by atoms with Gasteiger partial charge in [0.25, 0.3) is 0 Å². The number of nitrogens with one attached hydrogen (secondary N) is 1. The van der Waals surface area contributed by atoms with Crippen LogP contribution < -0.4 is 5.32 Å². The van der Waals surface area contributed by atoms with Crippen LogP contribution in [-0.4, -0.2) is 15.8 Å². The zero-order chi connectivity index (χ0) is 19.7. The van der Waals surface area contributed by atoms with E-state index < -0.39 is 0 Å². The SMILES string of the molecule is CC(=O)c1cccc(Nc2ncnc3scc(-c4ccc(C(C)C)cc4)c23)c1. The van der Waals surface area contributed by atoms with Gasteiger partial charge in [-0.3, -0.25) is 4.79 Å². The number of rotatable bonds is 5. The number of carbonyl (C=O) groups excluding carboxylic acids is 1. The second kappa shape index (κ2) is 7.52. The Kier molecular flexibility index (Phi) is 4.92. The summed E-state index contributed by atoms with van der Waals surface area (Å²) in [6.45, 7) is 5.96. The Labute approximate surface area is 168 Å². The molecular weight excluding hydrogens is 366 g/mol. The summed E-state index contributed by atoms with van der Waals surface area (Å²) >= 11 is 1.61. The van der Waals surface area contributed by atoms with Crippen molar-refractivity contribution >= 4 is 38.8 Å². The quantitative estimate of drug-likeness (QED) is 0.401. The Morgan fingerprint density at radius 3 is 2.57 bits per heavy atom. The lowest BCUT2D eigenvalue weighted by Gasteiger charge is -2.10. The van der Waals surface area contributed by atoms with Crippen LogP contribution in [0.2, 0.25) is 0 Å². The van der Waals surface area contributed by atoms with Crippen LogP contribution in [0.5, 0.6) is 0 Å². The highest BCUT2D eigenvalue weighted by atomic mass is 32.1. The van der Waals surface area contributed by atoms with E-state index >= 15 is 0 Å². The van der Waals surface area contributed by atoms with Gasteiger partial charge in [-0.15, -0.1) is 11.3 Å². The van der Waals surface area contributed by atoms with Gasteiger partial charge in [-0.05, 0) is 36.1 Å². The fourth-order valence-corrected chi connectivity index (χ4v) is 4.10. The molecule has 28 heavy (non-hydrogen) atoms. The van der Waals surface area contributed by atoms with E-state index in [0.29, 0.717) is 11.5 Å². The van der Waals surface area contributed by atoms with Gasteiger partial charge in [0.15, 0.2) is 5.78 Å². The van der Waals surface area contributed by atoms with Crippen molar-refractivity contribution in [2.24, 2.45) is 0 Å². The number of thiophene rings is 1. The number of ketones is 1. The summed E-state index contributed by atoms with van der Waals surface area (Å²) in [5, 5.41) is 6.50. The predicted octanol–water partition coefficient (Wildman–Crippen LogP) is 6.43. The molecule has 0 saturated heterocycles. The molecule has 0 radical (unpaired) electrons. The summed E-state index contributed by atoms with van der Waals surface area (Å²) in [6, 6.07) is 16.1. The second-order valence-electron chi connectivity index (χ2n) is 7.09. The van der Waals surface area contributed by atoms with E-state index in [2.05, 4.69) is 58.8 Å². The van der Waals surface area contributed by atoms with Gasteiger partial charge in [-0.2, -0.15) is 0 Å². The zero-order valence-electron chi connectivity index (χ0n) is 16.1. The van der Waals surface area contributed by atoms with Crippen molar-refractivity contribution in [1.29, 1.82) is 0 Å². The zero-order valence-corrected chi connectivity index (χ0v) is 16.9. The largest absolute Gasteiger partial charge is 0.340 e. The highest BCUT2D eigenvalue weighted by molar-refractivity contribution is 7.17. The van der Waals surface area contributed by atoms with E-state index in [-0.39, 0.29) is 5.78 Å². The Morgan fingerprint density at radius 2 is 1.86 bits per heavy atom. The maximum Gasteiger partial charge on any atom is 0.159 e. The molecule has 0 bridgehead atoms. The molecule has 2 heterocycles. The van der Waals surface area contributed by atoms with Crippen molar-refractivity contribution in [3.05, 3.63) is 71.4 Å². The third-order valence-electron chi connectivity index (χ3n) is 4.79. The van der Waals surface area contributed by atoms with Crippen LogP contribution in [0.25, 0.3) is 21.3 Å². The van der Waals surface area contributed by atoms with Crippen molar-refractivity contribution in [1.82, 2.24) is 9.97 Å². The molecule has 0 aliphatic rings. The Balaban J connectivity index is 1.77. The summed E-state index contributed by atoms with van der Waals surface area (Å²) in [6.07, 6.45) is 1.57. The number of aromatic nitrogens is 2. The molecule has 0 unspecified atom stereocenters. The van der Waals surface area contributed by atoms with Gasteiger partial charge in [0.1, 0.15) is 17.0 Å². The number of anilines is 2. The average Bonchev–Trinajstić information content (AvgIpc) is 3.13. The fourth-order valence-electron chi connectivity index (χ4n) is 3.18. The fraction of sp³-hybridized carbons (Fsp3) is 0.174. The molecule has 4 aromatic rings. The second-order valence-corrected chi connectivity index (χ2v) is 7.95. The number of carbonyl (C=O) groups is 1. The minimum absolute atomic E-state index is 0.0398. The number of nitrogens with zero attached hydrogens (tertiary/aromatic N) is 2. The van der Waals surface area contributed by atoms with Crippen molar-refractivity contribution in [2.45, 2.75) is 26.7 Å². The summed E-state index contributed by atoms with van der Waals surface area (Å²) < 4.78 is 0. The van der Waals surface area contributed by atoms with Gasteiger partial charge in [0.2, 0.25) is 0 Å². The van der Waals surface area contributed by atoms with Crippen LogP contribution >= 0.6 is 11.3 Å². The molecule has 5 heteroatoms. The third kappa shape index (κ3) is 3.53. The lowest BCUT2D eigenvalue weighted by atomic mass is 9.99.